The number of aliphatic hydroxyl groups is 1. The minimum absolute atomic E-state index is 0.0242. The smallest absolute Gasteiger partial charge is 0.393 e. The second kappa shape index (κ2) is 15.5. The lowest BCUT2D eigenvalue weighted by Gasteiger charge is -2.53. The average Bonchev–Trinajstić information content (AvgIpc) is 3.45. The Morgan fingerprint density at radius 3 is 2.20 bits per heavy atom. The number of hydrogen-bond acceptors (Lipinski definition) is 6. The number of fused-ring (bicyclic) bond motifs is 5. The maximum absolute atomic E-state index is 12.9. The van der Waals surface area contributed by atoms with E-state index < -0.39 is 29.7 Å². The lowest BCUT2D eigenvalue weighted by Crippen LogP contribution is -2.47. The lowest BCUT2D eigenvalue weighted by atomic mass is 9.52. The molecular formula is C38H58F5NO4S. The zero-order valence-corrected chi connectivity index (χ0v) is 30.9. The third-order valence-electron chi connectivity index (χ3n) is 12.6. The van der Waals surface area contributed by atoms with Gasteiger partial charge in [0.2, 0.25) is 0 Å². The molecule has 3 fully saturated rings. The summed E-state index contributed by atoms with van der Waals surface area (Å²) >= 11 is 1.16. The zero-order valence-electron chi connectivity index (χ0n) is 30.1. The topological polar surface area (TPSA) is 51.2 Å². The summed E-state index contributed by atoms with van der Waals surface area (Å²) in [6, 6.07) is 6.77. The van der Waals surface area contributed by atoms with Crippen LogP contribution in [-0.4, -0.2) is 46.9 Å². The highest BCUT2D eigenvalue weighted by molar-refractivity contribution is 7.94. The van der Waals surface area contributed by atoms with Crippen LogP contribution in [-0.2, 0) is 20.3 Å². The number of alkyl halides is 5. The molecule has 5 nitrogen and oxygen atoms in total. The van der Waals surface area contributed by atoms with E-state index in [0.717, 1.165) is 75.5 Å². The van der Waals surface area contributed by atoms with Crippen LogP contribution in [0.15, 0.2) is 18.2 Å². The molecule has 0 amide bonds. The van der Waals surface area contributed by atoms with Crippen molar-refractivity contribution < 1.29 is 40.9 Å². The van der Waals surface area contributed by atoms with Crippen molar-refractivity contribution in [3.8, 4) is 0 Å². The first-order valence-electron chi connectivity index (χ1n) is 18.7. The maximum atomic E-state index is 12.9. The normalized spacial score (nSPS) is 30.7. The van der Waals surface area contributed by atoms with Gasteiger partial charge in [0, 0.05) is 12.2 Å². The number of nitrogens with zero attached hydrogens (tertiary/aromatic N) is 1. The highest BCUT2D eigenvalue weighted by Gasteiger charge is 2.58. The van der Waals surface area contributed by atoms with Crippen LogP contribution in [0.5, 0.6) is 0 Å². The van der Waals surface area contributed by atoms with Crippen LogP contribution < -0.4 is 5.23 Å². The first-order chi connectivity index (χ1) is 23.0. The zero-order chi connectivity index (χ0) is 35.7. The molecule has 0 radical (unpaired) electrons. The summed E-state index contributed by atoms with van der Waals surface area (Å²) in [5, 5.41) is 12.7. The molecule has 1 aromatic rings. The van der Waals surface area contributed by atoms with Crippen LogP contribution in [0.1, 0.15) is 142 Å². The van der Waals surface area contributed by atoms with Gasteiger partial charge >= 0.3 is 12.1 Å². The van der Waals surface area contributed by atoms with Crippen molar-refractivity contribution in [1.82, 2.24) is 0 Å². The molecule has 3 unspecified atom stereocenters. The van der Waals surface area contributed by atoms with Gasteiger partial charge < -0.3 is 9.29 Å². The Bertz CT molecular complexity index is 1230. The first kappa shape index (κ1) is 39.1. The van der Waals surface area contributed by atoms with Crippen LogP contribution in [0.4, 0.5) is 27.6 Å². The van der Waals surface area contributed by atoms with Crippen molar-refractivity contribution in [2.45, 2.75) is 166 Å². The number of unbranched alkanes of at least 4 members (excludes halogenated alkanes) is 6. The molecule has 1 aromatic carbocycles. The van der Waals surface area contributed by atoms with Gasteiger partial charge in [-0.25, -0.2) is 9.68 Å². The predicted octanol–water partition coefficient (Wildman–Crippen LogP) is 11.1. The van der Waals surface area contributed by atoms with Gasteiger partial charge in [-0.15, -0.1) is 5.23 Å². The molecule has 6 atom stereocenters. The van der Waals surface area contributed by atoms with E-state index in [0.29, 0.717) is 29.4 Å². The Kier molecular flexibility index (Phi) is 12.3. The monoisotopic (exact) mass is 719 g/mol. The molecule has 4 aliphatic rings. The molecule has 5 rings (SSSR count). The molecule has 0 spiro atoms. The fraction of sp³-hybridized carbons (Fsp3) is 0.842. The van der Waals surface area contributed by atoms with Crippen molar-refractivity contribution in [2.75, 3.05) is 17.6 Å². The van der Waals surface area contributed by atoms with Crippen LogP contribution >= 0.6 is 12.0 Å². The summed E-state index contributed by atoms with van der Waals surface area (Å²) in [4.78, 5) is 12.5. The number of rotatable bonds is 16. The molecule has 1 saturated heterocycles. The maximum Gasteiger partial charge on any atom is 0.453 e. The highest BCUT2D eigenvalue weighted by atomic mass is 32.2. The van der Waals surface area contributed by atoms with Gasteiger partial charge in [-0.2, -0.15) is 22.0 Å². The molecular weight excluding hydrogens is 661 g/mol. The van der Waals surface area contributed by atoms with E-state index in [1.165, 1.54) is 36.8 Å². The molecule has 0 aromatic heterocycles. The highest BCUT2D eigenvalue weighted by Crippen LogP contribution is 2.63. The summed E-state index contributed by atoms with van der Waals surface area (Å²) in [5.41, 5.74) is 2.98. The second-order valence-electron chi connectivity index (χ2n) is 16.4. The van der Waals surface area contributed by atoms with E-state index in [9.17, 15) is 27.1 Å². The Morgan fingerprint density at radius 2 is 1.53 bits per heavy atom. The third-order valence-corrected chi connectivity index (χ3v) is 13.4. The average molecular weight is 720 g/mol. The van der Waals surface area contributed by atoms with Crippen molar-refractivity contribution in [3.63, 3.8) is 0 Å². The minimum Gasteiger partial charge on any atom is -0.393 e. The molecule has 280 valence electrons. The Balaban J connectivity index is 1.07. The molecule has 0 bridgehead atoms. The van der Waals surface area contributed by atoms with Crippen LogP contribution in [0.2, 0.25) is 0 Å². The van der Waals surface area contributed by atoms with Gasteiger partial charge in [0.25, 0.3) is 0 Å². The first-order valence-corrected chi connectivity index (χ1v) is 19.6. The fourth-order valence-corrected chi connectivity index (χ4v) is 9.64. The Hall–Kier alpha value is -1.14. The summed E-state index contributed by atoms with van der Waals surface area (Å²) in [5.74, 6) is -1.65. The predicted molar refractivity (Wildman–Crippen MR) is 184 cm³/mol. The largest absolute Gasteiger partial charge is 0.453 e. The number of anilines is 1. The quantitative estimate of drug-likeness (QED) is 0.104. The number of benzene rings is 1. The van der Waals surface area contributed by atoms with E-state index >= 15 is 0 Å². The molecule has 2 saturated carbocycles. The van der Waals surface area contributed by atoms with E-state index in [-0.39, 0.29) is 24.5 Å². The SMILES string of the molecule is CC12CC[C@@H]3c4ccc(N5OC(C)(C)C(C)(C)O5)cc4C[C@@H](CCCCCCCCCSOCCCC(F)(F)C(F)(F)F)C3[C@@H]1CCC2O. The van der Waals surface area contributed by atoms with Gasteiger partial charge in [0.15, 0.2) is 0 Å². The Morgan fingerprint density at radius 1 is 0.878 bits per heavy atom. The van der Waals surface area contributed by atoms with Gasteiger partial charge in [0.1, 0.15) is 11.2 Å². The summed E-state index contributed by atoms with van der Waals surface area (Å²) in [6.45, 7) is 10.5. The summed E-state index contributed by atoms with van der Waals surface area (Å²) in [7, 11) is 0. The molecule has 11 heteroatoms. The standard InChI is InChI=1S/C38H58F5NO4S/c1-34(2)35(3,4)48-44(47-34)28-15-16-29-27(25-28)24-26(33-30(29)19-21-36(5)31(33)17-18-32(36)45)14-11-9-7-6-8-10-12-23-49-46-22-13-20-37(39,40)38(41,42)43/h15-16,25-26,30-33,45H,6-14,17-24H2,1-5H3/t26-,30-,31+,32?,33?,36?/m1/s1. The minimum atomic E-state index is -5.50. The van der Waals surface area contributed by atoms with E-state index in [1.807, 2.05) is 0 Å². The van der Waals surface area contributed by atoms with Crippen LogP contribution in [0.3, 0.4) is 0 Å². The number of aliphatic hydroxyl groups excluding tert-OH is 1. The van der Waals surface area contributed by atoms with Gasteiger partial charge in [-0.3, -0.25) is 0 Å². The van der Waals surface area contributed by atoms with Gasteiger partial charge in [0.05, 0.1) is 18.4 Å². The van der Waals surface area contributed by atoms with E-state index in [1.54, 1.807) is 5.23 Å². The molecule has 49 heavy (non-hydrogen) atoms. The molecule has 3 aliphatic carbocycles. The molecule has 1 N–H and O–H groups in total. The summed E-state index contributed by atoms with van der Waals surface area (Å²) in [6.07, 6.45) is 7.12. The van der Waals surface area contributed by atoms with Crippen LogP contribution in [0.25, 0.3) is 0 Å². The van der Waals surface area contributed by atoms with Gasteiger partial charge in [-0.1, -0.05) is 51.5 Å². The second-order valence-corrected chi connectivity index (χ2v) is 17.3. The van der Waals surface area contributed by atoms with E-state index in [4.69, 9.17) is 13.9 Å². The van der Waals surface area contributed by atoms with Crippen molar-refractivity contribution in [3.05, 3.63) is 29.3 Å². The van der Waals surface area contributed by atoms with Gasteiger partial charge in [-0.05, 0) is 143 Å². The van der Waals surface area contributed by atoms with Crippen molar-refractivity contribution >= 4 is 17.7 Å². The Labute approximate surface area is 294 Å². The van der Waals surface area contributed by atoms with Crippen LogP contribution in [0, 0.1) is 23.2 Å². The molecule has 1 aliphatic heterocycles. The molecule has 1 heterocycles. The van der Waals surface area contributed by atoms with E-state index in [2.05, 4.69) is 52.8 Å². The fourth-order valence-electron chi connectivity index (χ4n) is 8.97. The lowest BCUT2D eigenvalue weighted by molar-refractivity contribution is -0.284. The third kappa shape index (κ3) is 8.58. The van der Waals surface area contributed by atoms with Crippen molar-refractivity contribution in [1.29, 1.82) is 0 Å². The van der Waals surface area contributed by atoms with Crippen molar-refractivity contribution in [2.24, 2.45) is 23.2 Å². The number of halogens is 5. The number of hydrogen-bond donors (Lipinski definition) is 1. The summed E-state index contributed by atoms with van der Waals surface area (Å²) < 4.78 is 67.7.